The summed E-state index contributed by atoms with van der Waals surface area (Å²) >= 11 is 17.0. The highest BCUT2D eigenvalue weighted by Crippen LogP contribution is 2.21. The Morgan fingerprint density at radius 3 is 2.50 bits per heavy atom. The van der Waals surface area contributed by atoms with E-state index in [1.807, 2.05) is 0 Å². The molecule has 0 bridgehead atoms. The zero-order valence-electron chi connectivity index (χ0n) is 7.33. The molecule has 0 saturated carbocycles. The van der Waals surface area contributed by atoms with Gasteiger partial charge in [-0.1, -0.05) is 0 Å². The van der Waals surface area contributed by atoms with Crippen LogP contribution in [-0.2, 0) is 14.6 Å². The molecule has 0 N–H and O–H groups in total. The average Bonchev–Trinajstić information content (AvgIpc) is 2.35. The fourth-order valence-corrected chi connectivity index (χ4v) is 3.87. The first-order valence-electron chi connectivity index (χ1n) is 4.11. The van der Waals surface area contributed by atoms with Crippen molar-refractivity contribution in [3.63, 3.8) is 0 Å². The summed E-state index contributed by atoms with van der Waals surface area (Å²) in [6.45, 7) is 0.231. The molecular formula is C7H11Cl3O3S. The Labute approximate surface area is 98.6 Å². The summed E-state index contributed by atoms with van der Waals surface area (Å²) in [5.74, 6) is 0.230. The molecular weight excluding hydrogens is 270 g/mol. The Morgan fingerprint density at radius 2 is 2.07 bits per heavy atom. The van der Waals surface area contributed by atoms with Gasteiger partial charge in [0.25, 0.3) is 0 Å². The lowest BCUT2D eigenvalue weighted by molar-refractivity contribution is 0.0757. The molecule has 0 aromatic rings. The van der Waals surface area contributed by atoms with E-state index in [2.05, 4.69) is 0 Å². The minimum atomic E-state index is -3.03. The van der Waals surface area contributed by atoms with Crippen LogP contribution in [0.15, 0.2) is 0 Å². The lowest BCUT2D eigenvalue weighted by atomic mass is 10.3. The van der Waals surface area contributed by atoms with Gasteiger partial charge in [-0.25, -0.2) is 8.42 Å². The highest BCUT2D eigenvalue weighted by atomic mass is 35.5. The zero-order valence-corrected chi connectivity index (χ0v) is 10.4. The van der Waals surface area contributed by atoms with Gasteiger partial charge in [0.1, 0.15) is 0 Å². The van der Waals surface area contributed by atoms with Crippen LogP contribution in [0.2, 0.25) is 0 Å². The van der Waals surface area contributed by atoms with Gasteiger partial charge in [0.2, 0.25) is 0 Å². The Morgan fingerprint density at radius 1 is 1.43 bits per heavy atom. The van der Waals surface area contributed by atoms with Crippen molar-refractivity contribution in [2.75, 3.05) is 24.0 Å². The molecule has 7 heteroatoms. The fraction of sp³-hybridized carbons (Fsp3) is 1.00. The molecule has 1 rings (SSSR count). The Bertz CT molecular complexity index is 280. The molecule has 1 saturated heterocycles. The summed E-state index contributed by atoms with van der Waals surface area (Å²) in [4.78, 5) is 0. The van der Waals surface area contributed by atoms with Gasteiger partial charge in [-0.3, -0.25) is 0 Å². The van der Waals surface area contributed by atoms with Gasteiger partial charge in [0, 0.05) is 5.88 Å². The van der Waals surface area contributed by atoms with Crippen LogP contribution >= 0.6 is 34.8 Å². The van der Waals surface area contributed by atoms with E-state index in [1.165, 1.54) is 0 Å². The van der Waals surface area contributed by atoms with Crippen LogP contribution < -0.4 is 0 Å². The van der Waals surface area contributed by atoms with Crippen LogP contribution in [0.1, 0.15) is 0 Å². The molecule has 3 atom stereocenters. The largest absolute Gasteiger partial charge is 0.374 e. The van der Waals surface area contributed by atoms with E-state index in [4.69, 9.17) is 39.5 Å². The van der Waals surface area contributed by atoms with E-state index >= 15 is 0 Å². The van der Waals surface area contributed by atoms with E-state index in [1.54, 1.807) is 0 Å². The van der Waals surface area contributed by atoms with Crippen molar-refractivity contribution < 1.29 is 13.2 Å². The Hall–Kier alpha value is 0.780. The molecule has 0 aliphatic carbocycles. The van der Waals surface area contributed by atoms with Crippen molar-refractivity contribution in [1.82, 2.24) is 0 Å². The van der Waals surface area contributed by atoms with Gasteiger partial charge in [-0.05, 0) is 0 Å². The van der Waals surface area contributed by atoms with Crippen LogP contribution in [0.3, 0.4) is 0 Å². The molecule has 0 radical (unpaired) electrons. The molecule has 1 aliphatic heterocycles. The van der Waals surface area contributed by atoms with Gasteiger partial charge < -0.3 is 4.74 Å². The summed E-state index contributed by atoms with van der Waals surface area (Å²) in [5.41, 5.74) is 0. The lowest BCUT2D eigenvalue weighted by Crippen LogP contribution is -2.26. The second-order valence-electron chi connectivity index (χ2n) is 3.22. The smallest absolute Gasteiger partial charge is 0.154 e. The maximum Gasteiger partial charge on any atom is 0.154 e. The maximum absolute atomic E-state index is 11.1. The molecule has 0 aromatic heterocycles. The van der Waals surface area contributed by atoms with Crippen LogP contribution in [0, 0.1) is 0 Å². The Balaban J connectivity index is 2.40. The van der Waals surface area contributed by atoms with Crippen molar-refractivity contribution in [2.24, 2.45) is 0 Å². The van der Waals surface area contributed by atoms with E-state index in [9.17, 15) is 8.42 Å². The van der Waals surface area contributed by atoms with Crippen LogP contribution in [0.4, 0.5) is 0 Å². The summed E-state index contributed by atoms with van der Waals surface area (Å²) in [7, 11) is -3.03. The molecule has 84 valence electrons. The lowest BCUT2D eigenvalue weighted by Gasteiger charge is -2.14. The third-order valence-corrected chi connectivity index (χ3v) is 5.03. The molecule has 1 heterocycles. The van der Waals surface area contributed by atoms with Crippen molar-refractivity contribution in [3.8, 4) is 0 Å². The molecule has 3 nitrogen and oxygen atoms in total. The molecule has 14 heavy (non-hydrogen) atoms. The first kappa shape index (κ1) is 12.8. The summed E-state index contributed by atoms with van der Waals surface area (Å²) < 4.78 is 27.6. The first-order valence-corrected chi connectivity index (χ1v) is 7.33. The molecule has 1 aliphatic rings. The van der Waals surface area contributed by atoms with Crippen molar-refractivity contribution in [3.05, 3.63) is 0 Å². The van der Waals surface area contributed by atoms with Gasteiger partial charge in [0.05, 0.1) is 35.0 Å². The predicted molar refractivity (Wildman–Crippen MR) is 58.4 cm³/mol. The summed E-state index contributed by atoms with van der Waals surface area (Å²) in [6.07, 6.45) is -0.453. The van der Waals surface area contributed by atoms with Crippen LogP contribution in [0.25, 0.3) is 0 Å². The van der Waals surface area contributed by atoms with Gasteiger partial charge in [-0.2, -0.15) is 0 Å². The second-order valence-corrected chi connectivity index (χ2v) is 6.86. The van der Waals surface area contributed by atoms with Crippen molar-refractivity contribution in [2.45, 2.75) is 16.9 Å². The molecule has 0 aromatic carbocycles. The topological polar surface area (TPSA) is 43.4 Å². The number of hydrogen-bond donors (Lipinski definition) is 0. The van der Waals surface area contributed by atoms with E-state index in [0.29, 0.717) is 0 Å². The van der Waals surface area contributed by atoms with Gasteiger partial charge >= 0.3 is 0 Å². The SMILES string of the molecule is O=S1(=O)C[C@H](Cl)[C@H](OC[C@H](Cl)CCl)C1. The first-order chi connectivity index (χ1) is 6.44. The fourth-order valence-electron chi connectivity index (χ4n) is 1.20. The molecule has 0 spiro atoms. The van der Waals surface area contributed by atoms with E-state index in [-0.39, 0.29) is 29.4 Å². The van der Waals surface area contributed by atoms with Crippen molar-refractivity contribution in [1.29, 1.82) is 0 Å². The van der Waals surface area contributed by atoms with Crippen LogP contribution in [-0.4, -0.2) is 49.3 Å². The number of rotatable bonds is 4. The minimum absolute atomic E-state index is 0.0208. The van der Waals surface area contributed by atoms with Gasteiger partial charge in [-0.15, -0.1) is 34.8 Å². The number of ether oxygens (including phenoxy) is 1. The number of hydrogen-bond acceptors (Lipinski definition) is 3. The summed E-state index contributed by atoms with van der Waals surface area (Å²) in [5, 5.41) is -0.775. The standard InChI is InChI=1S/C7H11Cl3O3S/c8-1-5(9)2-13-7-4-14(11,12)3-6(7)10/h5-7H,1-4H2/t5-,6+,7-/m1/s1. The third-order valence-electron chi connectivity index (χ3n) is 1.89. The quantitative estimate of drug-likeness (QED) is 0.729. The van der Waals surface area contributed by atoms with Crippen molar-refractivity contribution >= 4 is 44.6 Å². The van der Waals surface area contributed by atoms with E-state index < -0.39 is 21.3 Å². The second kappa shape index (κ2) is 5.21. The zero-order chi connectivity index (χ0) is 10.8. The highest BCUT2D eigenvalue weighted by molar-refractivity contribution is 7.91. The summed E-state index contributed by atoms with van der Waals surface area (Å²) in [6, 6.07) is 0. The average molecular weight is 282 g/mol. The van der Waals surface area contributed by atoms with Gasteiger partial charge in [0.15, 0.2) is 9.84 Å². The third kappa shape index (κ3) is 3.74. The molecule has 0 unspecified atom stereocenters. The minimum Gasteiger partial charge on any atom is -0.374 e. The highest BCUT2D eigenvalue weighted by Gasteiger charge is 2.37. The molecule has 0 amide bonds. The monoisotopic (exact) mass is 280 g/mol. The normalized spacial score (nSPS) is 33.1. The Kier molecular flexibility index (Phi) is 4.78. The molecule has 1 fully saturated rings. The number of alkyl halides is 3. The van der Waals surface area contributed by atoms with Crippen LogP contribution in [0.5, 0.6) is 0 Å². The number of sulfone groups is 1. The number of halogens is 3. The predicted octanol–water partition coefficient (Wildman–Crippen LogP) is 1.25. The maximum atomic E-state index is 11.1. The van der Waals surface area contributed by atoms with E-state index in [0.717, 1.165) is 0 Å².